The molecule has 0 spiro atoms. The monoisotopic (exact) mass is 291 g/mol. The number of aryl methyl sites for hydroxylation is 1. The molecule has 0 atom stereocenters. The number of rotatable bonds is 4. The van der Waals surface area contributed by atoms with Crippen LogP contribution in [-0.4, -0.2) is 17.6 Å². The minimum atomic E-state index is -4.82. The summed E-state index contributed by atoms with van der Waals surface area (Å²) in [5.41, 5.74) is 0.183. The van der Waals surface area contributed by atoms with Crippen LogP contribution in [0, 0.1) is 0 Å². The van der Waals surface area contributed by atoms with Gasteiger partial charge in [-0.3, -0.25) is 4.79 Å². The summed E-state index contributed by atoms with van der Waals surface area (Å²) in [6, 6.07) is 7.20. The molecule has 1 fully saturated rings. The first-order valence-electron chi connectivity index (χ1n) is 5.95. The molecule has 0 bridgehead atoms. The number of hydrogen-bond donors (Lipinski definition) is 1. The van der Waals surface area contributed by atoms with Crippen molar-refractivity contribution >= 4 is 17.5 Å². The minimum Gasteiger partial charge on any atom is -0.343 e. The van der Waals surface area contributed by atoms with Gasteiger partial charge in [-0.15, -0.1) is 0 Å². The lowest BCUT2D eigenvalue weighted by atomic mass is 10.0. The highest BCUT2D eigenvalue weighted by atomic mass is 35.5. The smallest absolute Gasteiger partial charge is 0.343 e. The maximum atomic E-state index is 12.2. The fourth-order valence-electron chi connectivity index (χ4n) is 1.98. The lowest BCUT2D eigenvalue weighted by Gasteiger charge is -2.18. The standard InChI is InChI=1S/C13H13ClF3NO/c14-10-4-2-1-3-9(10)5-6-12(7-8-12)18-11(19)13(15,16)17/h1-4H,5-8H2,(H,18,19). The molecule has 0 saturated heterocycles. The fraction of sp³-hybridized carbons (Fsp3) is 0.462. The third-order valence-corrected chi connectivity index (χ3v) is 3.69. The summed E-state index contributed by atoms with van der Waals surface area (Å²) in [7, 11) is 0. The van der Waals surface area contributed by atoms with Crippen molar-refractivity contribution in [2.45, 2.75) is 37.4 Å². The minimum absolute atomic E-state index is 0.471. The molecular weight excluding hydrogens is 279 g/mol. The molecule has 6 heteroatoms. The average Bonchev–Trinajstić information content (AvgIpc) is 3.07. The van der Waals surface area contributed by atoms with E-state index in [0.717, 1.165) is 5.56 Å². The van der Waals surface area contributed by atoms with Crippen LogP contribution in [0.2, 0.25) is 5.02 Å². The van der Waals surface area contributed by atoms with Gasteiger partial charge in [0.25, 0.3) is 0 Å². The molecule has 1 aromatic rings. The highest BCUT2D eigenvalue weighted by Gasteiger charge is 2.49. The van der Waals surface area contributed by atoms with Gasteiger partial charge in [-0.05, 0) is 37.3 Å². The molecule has 0 aromatic heterocycles. The molecule has 0 radical (unpaired) electrons. The second-order valence-electron chi connectivity index (χ2n) is 4.82. The zero-order chi connectivity index (χ0) is 14.1. The van der Waals surface area contributed by atoms with Crippen LogP contribution in [0.1, 0.15) is 24.8 Å². The fourth-order valence-corrected chi connectivity index (χ4v) is 2.21. The van der Waals surface area contributed by atoms with E-state index < -0.39 is 17.6 Å². The predicted octanol–water partition coefficient (Wildman–Crippen LogP) is 3.48. The molecule has 19 heavy (non-hydrogen) atoms. The number of nitrogens with one attached hydrogen (secondary N) is 1. The molecule has 104 valence electrons. The molecule has 0 heterocycles. The Morgan fingerprint density at radius 2 is 1.95 bits per heavy atom. The Bertz CT molecular complexity index is 483. The van der Waals surface area contributed by atoms with Crippen LogP contribution in [0.5, 0.6) is 0 Å². The Morgan fingerprint density at radius 1 is 1.32 bits per heavy atom. The van der Waals surface area contributed by atoms with Gasteiger partial charge in [0.2, 0.25) is 0 Å². The molecule has 1 saturated carbocycles. The van der Waals surface area contributed by atoms with Crippen molar-refractivity contribution in [3.8, 4) is 0 Å². The normalized spacial score (nSPS) is 17.1. The highest BCUT2D eigenvalue weighted by molar-refractivity contribution is 6.31. The van der Waals surface area contributed by atoms with Gasteiger partial charge < -0.3 is 5.32 Å². The number of carbonyl (C=O) groups excluding carboxylic acids is 1. The van der Waals surface area contributed by atoms with Gasteiger partial charge in [0.05, 0.1) is 0 Å². The van der Waals surface area contributed by atoms with Crippen molar-refractivity contribution in [2.24, 2.45) is 0 Å². The van der Waals surface area contributed by atoms with E-state index in [9.17, 15) is 18.0 Å². The number of amides is 1. The van der Waals surface area contributed by atoms with Crippen molar-refractivity contribution in [2.75, 3.05) is 0 Å². The summed E-state index contributed by atoms with van der Waals surface area (Å²) in [6.07, 6.45) is -2.63. The SMILES string of the molecule is O=C(NC1(CCc2ccccc2Cl)CC1)C(F)(F)F. The lowest BCUT2D eigenvalue weighted by molar-refractivity contribution is -0.174. The summed E-state index contributed by atoms with van der Waals surface area (Å²) in [5.74, 6) is -1.86. The Hall–Kier alpha value is -1.23. The van der Waals surface area contributed by atoms with Crippen LogP contribution in [0.3, 0.4) is 0 Å². The van der Waals surface area contributed by atoms with Crippen LogP contribution < -0.4 is 5.32 Å². The van der Waals surface area contributed by atoms with E-state index in [2.05, 4.69) is 5.32 Å². The number of benzene rings is 1. The Morgan fingerprint density at radius 3 is 2.47 bits per heavy atom. The van der Waals surface area contributed by atoms with Gasteiger partial charge in [-0.2, -0.15) is 13.2 Å². The predicted molar refractivity (Wildman–Crippen MR) is 65.9 cm³/mol. The van der Waals surface area contributed by atoms with Crippen molar-refractivity contribution in [1.29, 1.82) is 0 Å². The van der Waals surface area contributed by atoms with Gasteiger partial charge in [0.15, 0.2) is 0 Å². The van der Waals surface area contributed by atoms with E-state index in [1.807, 2.05) is 12.1 Å². The molecular formula is C13H13ClF3NO. The Balaban J connectivity index is 1.93. The molecule has 0 unspecified atom stereocenters. The zero-order valence-electron chi connectivity index (χ0n) is 10.1. The summed E-state index contributed by atoms with van der Waals surface area (Å²) in [6.45, 7) is 0. The van der Waals surface area contributed by atoms with E-state index in [4.69, 9.17) is 11.6 Å². The van der Waals surface area contributed by atoms with Gasteiger partial charge in [0, 0.05) is 10.6 Å². The summed E-state index contributed by atoms with van der Waals surface area (Å²) >= 11 is 5.98. The second kappa shape index (κ2) is 5.04. The van der Waals surface area contributed by atoms with Crippen molar-refractivity contribution in [3.63, 3.8) is 0 Å². The first-order chi connectivity index (χ1) is 8.82. The number of hydrogen-bond acceptors (Lipinski definition) is 1. The topological polar surface area (TPSA) is 29.1 Å². The van der Waals surface area contributed by atoms with E-state index in [1.54, 1.807) is 12.1 Å². The third kappa shape index (κ3) is 3.62. The van der Waals surface area contributed by atoms with Crippen molar-refractivity contribution in [1.82, 2.24) is 5.32 Å². The number of carbonyl (C=O) groups is 1. The molecule has 1 aliphatic carbocycles. The van der Waals surface area contributed by atoms with Gasteiger partial charge in [0.1, 0.15) is 0 Å². The van der Waals surface area contributed by atoms with Gasteiger partial charge in [-0.25, -0.2) is 0 Å². The zero-order valence-corrected chi connectivity index (χ0v) is 10.8. The van der Waals surface area contributed by atoms with Crippen LogP contribution in [0.25, 0.3) is 0 Å². The van der Waals surface area contributed by atoms with Crippen LogP contribution in [0.4, 0.5) is 13.2 Å². The van der Waals surface area contributed by atoms with Crippen LogP contribution >= 0.6 is 11.6 Å². The maximum absolute atomic E-state index is 12.2. The van der Waals surface area contributed by atoms with Crippen LogP contribution in [-0.2, 0) is 11.2 Å². The van der Waals surface area contributed by atoms with Gasteiger partial charge >= 0.3 is 12.1 Å². The van der Waals surface area contributed by atoms with Crippen molar-refractivity contribution < 1.29 is 18.0 Å². The quantitative estimate of drug-likeness (QED) is 0.904. The van der Waals surface area contributed by atoms with Crippen LogP contribution in [0.15, 0.2) is 24.3 Å². The molecule has 1 N–H and O–H groups in total. The molecule has 1 aliphatic rings. The number of alkyl halides is 3. The van der Waals surface area contributed by atoms with Crippen molar-refractivity contribution in [3.05, 3.63) is 34.9 Å². The Kier molecular flexibility index (Phi) is 3.76. The highest BCUT2D eigenvalue weighted by Crippen LogP contribution is 2.40. The second-order valence-corrected chi connectivity index (χ2v) is 5.23. The van der Waals surface area contributed by atoms with E-state index >= 15 is 0 Å². The van der Waals surface area contributed by atoms with Gasteiger partial charge in [-0.1, -0.05) is 29.8 Å². The summed E-state index contributed by atoms with van der Waals surface area (Å²) in [5, 5.41) is 2.69. The molecule has 1 aromatic carbocycles. The Labute approximate surface area is 113 Å². The van der Waals surface area contributed by atoms with E-state index in [-0.39, 0.29) is 0 Å². The lowest BCUT2D eigenvalue weighted by Crippen LogP contribution is -2.44. The van der Waals surface area contributed by atoms with E-state index in [0.29, 0.717) is 30.7 Å². The molecule has 2 rings (SSSR count). The maximum Gasteiger partial charge on any atom is 0.471 e. The first kappa shape index (κ1) is 14.2. The third-order valence-electron chi connectivity index (χ3n) is 3.32. The largest absolute Gasteiger partial charge is 0.471 e. The summed E-state index contributed by atoms with van der Waals surface area (Å²) in [4.78, 5) is 10.9. The van der Waals surface area contributed by atoms with E-state index in [1.165, 1.54) is 0 Å². The average molecular weight is 292 g/mol. The number of halogens is 4. The first-order valence-corrected chi connectivity index (χ1v) is 6.33. The molecule has 1 amide bonds. The summed E-state index contributed by atoms with van der Waals surface area (Å²) < 4.78 is 36.6. The molecule has 0 aliphatic heterocycles. The molecule has 2 nitrogen and oxygen atoms in total.